The van der Waals surface area contributed by atoms with Gasteiger partial charge in [0, 0.05) is 18.2 Å². The summed E-state index contributed by atoms with van der Waals surface area (Å²) in [5.41, 5.74) is 4.00. The summed E-state index contributed by atoms with van der Waals surface area (Å²) in [6, 6.07) is 3.60. The minimum absolute atomic E-state index is 0.113. The first-order valence-corrected chi connectivity index (χ1v) is 4.90. The van der Waals surface area contributed by atoms with Crippen LogP contribution in [0.1, 0.15) is 17.2 Å². The van der Waals surface area contributed by atoms with Crippen molar-refractivity contribution in [2.45, 2.75) is 12.2 Å². The molecule has 0 spiro atoms. The highest BCUT2D eigenvalue weighted by Gasteiger charge is 2.26. The van der Waals surface area contributed by atoms with Gasteiger partial charge in [0.05, 0.1) is 22.7 Å². The lowest BCUT2D eigenvalue weighted by Crippen LogP contribution is -2.27. The van der Waals surface area contributed by atoms with Crippen LogP contribution < -0.4 is 5.73 Å². The average Bonchev–Trinajstić information content (AvgIpc) is 2.36. The van der Waals surface area contributed by atoms with E-state index in [1.165, 1.54) is 0 Å². The van der Waals surface area contributed by atoms with Crippen molar-refractivity contribution in [1.82, 2.24) is 0 Å². The molecule has 0 fully saturated rings. The molecule has 0 heterocycles. The van der Waals surface area contributed by atoms with Crippen molar-refractivity contribution < 1.29 is 20.2 Å². The highest BCUT2D eigenvalue weighted by Crippen LogP contribution is 2.35. The zero-order valence-corrected chi connectivity index (χ0v) is 9.15. The van der Waals surface area contributed by atoms with Gasteiger partial charge < -0.3 is 21.1 Å². The molecule has 0 saturated carbocycles. The number of phenolic OH excluding ortho intramolecular Hbond substituents is 1. The molecule has 0 aliphatic rings. The van der Waals surface area contributed by atoms with Crippen LogP contribution in [-0.4, -0.2) is 32.9 Å². The molecule has 2 unspecified atom stereocenters. The molecule has 0 aliphatic heterocycles. The van der Waals surface area contributed by atoms with Gasteiger partial charge in [0.15, 0.2) is 5.75 Å². The number of hydrogen-bond acceptors (Lipinski definition) is 7. The Hall–Kier alpha value is -2.21. The standard InChI is InChI=1S/C10H11N3O5/c11-3-5-1-6(10(16)8(14)4-12)9(15)7(2-5)13(17)18/h1-2,8,10,14-16H,4,12H2. The summed E-state index contributed by atoms with van der Waals surface area (Å²) >= 11 is 0. The van der Waals surface area contributed by atoms with Crippen molar-refractivity contribution in [2.75, 3.05) is 6.54 Å². The van der Waals surface area contributed by atoms with Crippen molar-refractivity contribution >= 4 is 5.69 Å². The van der Waals surface area contributed by atoms with Crippen molar-refractivity contribution in [1.29, 1.82) is 5.26 Å². The van der Waals surface area contributed by atoms with E-state index in [0.29, 0.717) is 0 Å². The van der Waals surface area contributed by atoms with Gasteiger partial charge in [0.2, 0.25) is 0 Å². The second-order valence-corrected chi connectivity index (χ2v) is 3.55. The van der Waals surface area contributed by atoms with E-state index in [1.54, 1.807) is 6.07 Å². The second-order valence-electron chi connectivity index (χ2n) is 3.55. The second kappa shape index (κ2) is 5.42. The highest BCUT2D eigenvalue weighted by atomic mass is 16.6. The van der Waals surface area contributed by atoms with Gasteiger partial charge in [-0.3, -0.25) is 10.1 Å². The Balaban J connectivity index is 3.40. The van der Waals surface area contributed by atoms with Crippen LogP contribution in [-0.2, 0) is 0 Å². The van der Waals surface area contributed by atoms with Crippen molar-refractivity contribution in [3.63, 3.8) is 0 Å². The van der Waals surface area contributed by atoms with Gasteiger partial charge in [-0.15, -0.1) is 0 Å². The van der Waals surface area contributed by atoms with Gasteiger partial charge in [-0.25, -0.2) is 0 Å². The predicted octanol–water partition coefficient (Wildman–Crippen LogP) is -0.475. The first kappa shape index (κ1) is 13.9. The summed E-state index contributed by atoms with van der Waals surface area (Å²) < 4.78 is 0. The molecule has 0 aromatic heterocycles. The highest BCUT2D eigenvalue weighted by molar-refractivity contribution is 5.56. The van der Waals surface area contributed by atoms with Crippen LogP contribution in [0.4, 0.5) is 5.69 Å². The molecule has 1 aromatic rings. The van der Waals surface area contributed by atoms with E-state index in [4.69, 9.17) is 11.0 Å². The lowest BCUT2D eigenvalue weighted by atomic mass is 10.00. The molecule has 5 N–H and O–H groups in total. The molecule has 1 rings (SSSR count). The zero-order valence-electron chi connectivity index (χ0n) is 9.15. The third-order valence-electron chi connectivity index (χ3n) is 2.37. The molecule has 2 atom stereocenters. The first-order valence-electron chi connectivity index (χ1n) is 4.90. The molecule has 8 nitrogen and oxygen atoms in total. The summed E-state index contributed by atoms with van der Waals surface area (Å²) in [5, 5.41) is 48.0. The number of benzene rings is 1. The Morgan fingerprint density at radius 3 is 2.56 bits per heavy atom. The minimum Gasteiger partial charge on any atom is -0.502 e. The molecule has 0 saturated heterocycles. The van der Waals surface area contributed by atoms with Gasteiger partial charge in [-0.2, -0.15) is 5.26 Å². The van der Waals surface area contributed by atoms with Gasteiger partial charge in [0.25, 0.3) is 0 Å². The quantitative estimate of drug-likeness (QED) is 0.417. The van der Waals surface area contributed by atoms with Crippen LogP contribution in [0.25, 0.3) is 0 Å². The van der Waals surface area contributed by atoms with Gasteiger partial charge in [0.1, 0.15) is 6.10 Å². The summed E-state index contributed by atoms with van der Waals surface area (Å²) in [7, 11) is 0. The molecule has 0 amide bonds. The van der Waals surface area contributed by atoms with E-state index in [1.807, 2.05) is 0 Å². The summed E-state index contributed by atoms with van der Waals surface area (Å²) in [6.45, 7) is -0.300. The number of aliphatic hydroxyl groups excluding tert-OH is 2. The van der Waals surface area contributed by atoms with Gasteiger partial charge >= 0.3 is 5.69 Å². The van der Waals surface area contributed by atoms with Crippen LogP contribution in [0, 0.1) is 21.4 Å². The fourth-order valence-electron chi connectivity index (χ4n) is 1.41. The first-order chi connectivity index (χ1) is 8.42. The Kier molecular flexibility index (Phi) is 4.17. The summed E-state index contributed by atoms with van der Waals surface area (Å²) in [5.74, 6) is -0.793. The normalized spacial score (nSPS) is 13.7. The number of hydrogen-bond donors (Lipinski definition) is 4. The predicted molar refractivity (Wildman–Crippen MR) is 59.5 cm³/mol. The molecule has 1 aromatic carbocycles. The SMILES string of the molecule is N#Cc1cc(C(O)C(O)CN)c(O)c([N+](=O)[O-])c1. The maximum atomic E-state index is 10.7. The van der Waals surface area contributed by atoms with Crippen molar-refractivity contribution in [3.05, 3.63) is 33.4 Å². The summed E-state index contributed by atoms with van der Waals surface area (Å²) in [6.07, 6.45) is -3.01. The maximum absolute atomic E-state index is 10.7. The molecule has 18 heavy (non-hydrogen) atoms. The Labute approximate surface area is 102 Å². The van der Waals surface area contributed by atoms with Crippen LogP contribution in [0.5, 0.6) is 5.75 Å². The van der Waals surface area contributed by atoms with E-state index in [2.05, 4.69) is 0 Å². The number of nitrogens with two attached hydrogens (primary N) is 1. The van der Waals surface area contributed by atoms with Crippen LogP contribution >= 0.6 is 0 Å². The van der Waals surface area contributed by atoms with Crippen molar-refractivity contribution in [3.8, 4) is 11.8 Å². The number of nitro groups is 1. The maximum Gasteiger partial charge on any atom is 0.312 e. The average molecular weight is 253 g/mol. The number of aliphatic hydroxyl groups is 2. The van der Waals surface area contributed by atoms with Crippen LogP contribution in [0.2, 0.25) is 0 Å². The Morgan fingerprint density at radius 2 is 2.11 bits per heavy atom. The topological polar surface area (TPSA) is 154 Å². The molecular weight excluding hydrogens is 242 g/mol. The Morgan fingerprint density at radius 1 is 1.50 bits per heavy atom. The monoisotopic (exact) mass is 253 g/mol. The van der Waals surface area contributed by atoms with E-state index in [0.717, 1.165) is 12.1 Å². The van der Waals surface area contributed by atoms with E-state index >= 15 is 0 Å². The van der Waals surface area contributed by atoms with Gasteiger partial charge in [-0.05, 0) is 6.07 Å². The van der Waals surface area contributed by atoms with E-state index in [9.17, 15) is 25.4 Å². The Bertz CT molecular complexity index is 511. The number of aromatic hydroxyl groups is 1. The van der Waals surface area contributed by atoms with Gasteiger partial charge in [-0.1, -0.05) is 0 Å². The molecular formula is C10H11N3O5. The molecule has 8 heteroatoms. The third-order valence-corrected chi connectivity index (χ3v) is 2.37. The number of rotatable bonds is 4. The lowest BCUT2D eigenvalue weighted by Gasteiger charge is -2.17. The molecule has 0 bridgehead atoms. The van der Waals surface area contributed by atoms with Crippen LogP contribution in [0.3, 0.4) is 0 Å². The smallest absolute Gasteiger partial charge is 0.312 e. The molecule has 96 valence electrons. The van der Waals surface area contributed by atoms with Crippen LogP contribution in [0.15, 0.2) is 12.1 Å². The fraction of sp³-hybridized carbons (Fsp3) is 0.300. The molecule has 0 aliphatic carbocycles. The number of phenols is 1. The number of nitriles is 1. The fourth-order valence-corrected chi connectivity index (χ4v) is 1.41. The number of nitro benzene ring substituents is 1. The van der Waals surface area contributed by atoms with E-state index < -0.39 is 28.6 Å². The summed E-state index contributed by atoms with van der Waals surface area (Å²) in [4.78, 5) is 9.78. The van der Waals surface area contributed by atoms with Crippen molar-refractivity contribution in [2.24, 2.45) is 5.73 Å². The largest absolute Gasteiger partial charge is 0.502 e. The minimum atomic E-state index is -1.61. The zero-order chi connectivity index (χ0) is 13.9. The lowest BCUT2D eigenvalue weighted by molar-refractivity contribution is -0.386. The van der Waals surface area contributed by atoms with E-state index in [-0.39, 0.29) is 17.7 Å². The number of nitrogens with zero attached hydrogens (tertiary/aromatic N) is 2. The third kappa shape index (κ3) is 2.54. The molecule has 0 radical (unpaired) electrons.